The summed E-state index contributed by atoms with van der Waals surface area (Å²) in [6.07, 6.45) is -0.945. The largest absolute Gasteiger partial charge is 0.493 e. The lowest BCUT2D eigenvalue weighted by molar-refractivity contribution is -0.156. The van der Waals surface area contributed by atoms with E-state index in [4.69, 9.17) is 28.4 Å². The first-order valence-electron chi connectivity index (χ1n) is 8.70. The van der Waals surface area contributed by atoms with E-state index in [1.165, 1.54) is 21.3 Å². The quantitative estimate of drug-likeness (QED) is 0.701. The molecule has 0 fully saturated rings. The molecule has 0 saturated carbocycles. The van der Waals surface area contributed by atoms with Crippen molar-refractivity contribution in [3.05, 3.63) is 36.4 Å². The number of benzene rings is 2. The second-order valence-corrected chi connectivity index (χ2v) is 5.93. The zero-order valence-corrected chi connectivity index (χ0v) is 16.2. The Morgan fingerprint density at radius 2 is 1.69 bits per heavy atom. The Morgan fingerprint density at radius 3 is 2.31 bits per heavy atom. The molecule has 29 heavy (non-hydrogen) atoms. The molecule has 0 bridgehead atoms. The van der Waals surface area contributed by atoms with Crippen molar-refractivity contribution < 1.29 is 38.0 Å². The number of rotatable bonds is 7. The number of para-hydroxylation sites is 2. The van der Waals surface area contributed by atoms with Gasteiger partial charge in [0.05, 0.1) is 21.3 Å². The van der Waals surface area contributed by atoms with Gasteiger partial charge < -0.3 is 33.7 Å². The van der Waals surface area contributed by atoms with Crippen molar-refractivity contribution in [1.29, 1.82) is 0 Å². The van der Waals surface area contributed by atoms with Crippen LogP contribution in [0.2, 0.25) is 0 Å². The van der Waals surface area contributed by atoms with Crippen LogP contribution in [-0.4, -0.2) is 52.5 Å². The smallest absolute Gasteiger partial charge is 0.351 e. The van der Waals surface area contributed by atoms with Gasteiger partial charge in [-0.15, -0.1) is 0 Å². The molecule has 0 aliphatic carbocycles. The van der Waals surface area contributed by atoms with Gasteiger partial charge >= 0.3 is 5.97 Å². The summed E-state index contributed by atoms with van der Waals surface area (Å²) in [7, 11) is 4.41. The summed E-state index contributed by atoms with van der Waals surface area (Å²) in [5, 5.41) is 2.61. The third-order valence-electron chi connectivity index (χ3n) is 4.07. The van der Waals surface area contributed by atoms with Gasteiger partial charge in [-0.05, 0) is 12.1 Å². The molecule has 3 rings (SSSR count). The highest BCUT2D eigenvalue weighted by molar-refractivity contribution is 5.93. The number of carbonyl (C=O) groups excluding carboxylic acids is 2. The molecule has 1 amide bonds. The SMILES string of the molecule is COc1cc(NC(=O)COC(=O)[C@H]2COc3ccccc3O2)cc(OC)c1OC. The van der Waals surface area contributed by atoms with Crippen molar-refractivity contribution in [1.82, 2.24) is 0 Å². The Kier molecular flexibility index (Phi) is 6.28. The van der Waals surface area contributed by atoms with Crippen LogP contribution >= 0.6 is 0 Å². The molecule has 154 valence electrons. The normalized spacial score (nSPS) is 14.5. The molecule has 2 aromatic carbocycles. The summed E-state index contributed by atoms with van der Waals surface area (Å²) >= 11 is 0. The van der Waals surface area contributed by atoms with Crippen molar-refractivity contribution in [3.63, 3.8) is 0 Å². The second-order valence-electron chi connectivity index (χ2n) is 5.93. The highest BCUT2D eigenvalue weighted by atomic mass is 16.6. The number of carbonyl (C=O) groups is 2. The molecule has 9 heteroatoms. The van der Waals surface area contributed by atoms with Gasteiger partial charge in [-0.2, -0.15) is 0 Å². The number of hydrogen-bond donors (Lipinski definition) is 1. The number of methoxy groups -OCH3 is 3. The maximum atomic E-state index is 12.2. The summed E-state index contributed by atoms with van der Waals surface area (Å²) < 4.78 is 31.8. The lowest BCUT2D eigenvalue weighted by atomic mass is 10.2. The molecular weight excluding hydrogens is 382 g/mol. The molecule has 0 aromatic heterocycles. The number of hydrogen-bond acceptors (Lipinski definition) is 8. The maximum Gasteiger partial charge on any atom is 0.351 e. The van der Waals surface area contributed by atoms with Gasteiger partial charge in [0.25, 0.3) is 5.91 Å². The Morgan fingerprint density at radius 1 is 1.03 bits per heavy atom. The number of ether oxygens (including phenoxy) is 6. The fourth-order valence-corrected chi connectivity index (χ4v) is 2.72. The summed E-state index contributed by atoms with van der Waals surface area (Å²) in [4.78, 5) is 24.4. The van der Waals surface area contributed by atoms with E-state index in [0.29, 0.717) is 34.4 Å². The number of anilines is 1. The number of amides is 1. The van der Waals surface area contributed by atoms with Crippen LogP contribution in [0.5, 0.6) is 28.7 Å². The van der Waals surface area contributed by atoms with Crippen LogP contribution in [-0.2, 0) is 14.3 Å². The van der Waals surface area contributed by atoms with Crippen LogP contribution < -0.4 is 29.0 Å². The molecule has 0 spiro atoms. The predicted molar refractivity (Wildman–Crippen MR) is 102 cm³/mol. The Bertz CT molecular complexity index is 873. The van der Waals surface area contributed by atoms with Crippen LogP contribution in [0, 0.1) is 0 Å². The summed E-state index contributed by atoms with van der Waals surface area (Å²) in [5.41, 5.74) is 0.395. The third kappa shape index (κ3) is 4.63. The summed E-state index contributed by atoms with van der Waals surface area (Å²) in [6, 6.07) is 10.1. The molecule has 0 radical (unpaired) electrons. The number of fused-ring (bicyclic) bond motifs is 1. The minimum Gasteiger partial charge on any atom is -0.493 e. The second kappa shape index (κ2) is 9.05. The van der Waals surface area contributed by atoms with Crippen LogP contribution in [0.3, 0.4) is 0 Å². The van der Waals surface area contributed by atoms with Gasteiger partial charge in [0.2, 0.25) is 11.9 Å². The van der Waals surface area contributed by atoms with Gasteiger partial charge in [0.15, 0.2) is 29.6 Å². The van der Waals surface area contributed by atoms with E-state index in [1.807, 2.05) is 0 Å². The molecule has 0 saturated heterocycles. The van der Waals surface area contributed by atoms with E-state index in [9.17, 15) is 9.59 Å². The lowest BCUT2D eigenvalue weighted by Crippen LogP contribution is -2.39. The van der Waals surface area contributed by atoms with Crippen LogP contribution in [0.15, 0.2) is 36.4 Å². The van der Waals surface area contributed by atoms with Gasteiger partial charge in [0.1, 0.15) is 6.61 Å². The van der Waals surface area contributed by atoms with Crippen molar-refractivity contribution in [2.45, 2.75) is 6.10 Å². The van der Waals surface area contributed by atoms with Crippen LogP contribution in [0.4, 0.5) is 5.69 Å². The molecule has 2 aromatic rings. The first kappa shape index (κ1) is 20.1. The van der Waals surface area contributed by atoms with Crippen molar-refractivity contribution in [2.24, 2.45) is 0 Å². The molecule has 1 aliphatic heterocycles. The summed E-state index contributed by atoms with van der Waals surface area (Å²) in [6.45, 7) is -0.485. The topological polar surface area (TPSA) is 102 Å². The Labute approximate surface area is 167 Å². The minimum absolute atomic E-state index is 0.00431. The van der Waals surface area contributed by atoms with E-state index >= 15 is 0 Å². The number of esters is 1. The average molecular weight is 403 g/mol. The van der Waals surface area contributed by atoms with Crippen LogP contribution in [0.1, 0.15) is 0 Å². The van der Waals surface area contributed by atoms with Crippen LogP contribution in [0.25, 0.3) is 0 Å². The zero-order valence-electron chi connectivity index (χ0n) is 16.2. The molecule has 9 nitrogen and oxygen atoms in total. The first-order chi connectivity index (χ1) is 14.0. The van der Waals surface area contributed by atoms with Gasteiger partial charge in [-0.25, -0.2) is 4.79 Å². The predicted octanol–water partition coefficient (Wildman–Crippen LogP) is 2.03. The van der Waals surface area contributed by atoms with E-state index in [2.05, 4.69) is 5.32 Å². The van der Waals surface area contributed by atoms with E-state index in [0.717, 1.165) is 0 Å². The average Bonchev–Trinajstić information content (AvgIpc) is 2.76. The highest BCUT2D eigenvalue weighted by Gasteiger charge is 2.29. The molecule has 1 aliphatic rings. The van der Waals surface area contributed by atoms with Gasteiger partial charge in [-0.1, -0.05) is 12.1 Å². The minimum atomic E-state index is -0.945. The van der Waals surface area contributed by atoms with Gasteiger partial charge in [0, 0.05) is 17.8 Å². The maximum absolute atomic E-state index is 12.2. The van der Waals surface area contributed by atoms with Crippen molar-refractivity contribution in [2.75, 3.05) is 39.9 Å². The Hall–Kier alpha value is -3.62. The fourth-order valence-electron chi connectivity index (χ4n) is 2.72. The molecule has 1 N–H and O–H groups in total. The standard InChI is InChI=1S/C20H21NO8/c1-24-15-8-12(9-16(25-2)19(15)26-3)21-18(22)11-28-20(23)17-10-27-13-6-4-5-7-14(13)29-17/h4-9,17H,10-11H2,1-3H3,(H,21,22)/t17-/m1/s1. The Balaban J connectivity index is 1.57. The molecule has 0 unspecified atom stereocenters. The van der Waals surface area contributed by atoms with Gasteiger partial charge in [-0.3, -0.25) is 4.79 Å². The van der Waals surface area contributed by atoms with E-state index in [-0.39, 0.29) is 6.61 Å². The molecular formula is C20H21NO8. The highest BCUT2D eigenvalue weighted by Crippen LogP contribution is 2.39. The van der Waals surface area contributed by atoms with Crippen molar-refractivity contribution in [3.8, 4) is 28.7 Å². The first-order valence-corrected chi connectivity index (χ1v) is 8.70. The third-order valence-corrected chi connectivity index (χ3v) is 4.07. The monoisotopic (exact) mass is 403 g/mol. The lowest BCUT2D eigenvalue weighted by Gasteiger charge is -2.24. The summed E-state index contributed by atoms with van der Waals surface area (Å²) in [5.74, 6) is 0.925. The van der Waals surface area contributed by atoms with E-state index < -0.39 is 24.6 Å². The van der Waals surface area contributed by atoms with Crippen molar-refractivity contribution >= 4 is 17.6 Å². The zero-order chi connectivity index (χ0) is 20.8. The molecule has 1 atom stereocenters. The number of nitrogens with one attached hydrogen (secondary N) is 1. The molecule has 1 heterocycles. The van der Waals surface area contributed by atoms with E-state index in [1.54, 1.807) is 36.4 Å². The fraction of sp³-hybridized carbons (Fsp3) is 0.300.